The Labute approximate surface area is 107 Å². The zero-order chi connectivity index (χ0) is 12.0. The predicted octanol–water partition coefficient (Wildman–Crippen LogP) is 2.30. The van der Waals surface area contributed by atoms with E-state index < -0.39 is 0 Å². The monoisotopic (exact) mass is 259 g/mol. The zero-order valence-electron chi connectivity index (χ0n) is 10.5. The van der Waals surface area contributed by atoms with Gasteiger partial charge in [0.1, 0.15) is 0 Å². The summed E-state index contributed by atoms with van der Waals surface area (Å²) in [5, 5.41) is 4.55. The van der Waals surface area contributed by atoms with E-state index in [1.54, 1.807) is 11.3 Å². The van der Waals surface area contributed by atoms with Crippen LogP contribution >= 0.6 is 23.1 Å². The van der Waals surface area contributed by atoms with Crippen molar-refractivity contribution in [1.82, 2.24) is 10.3 Å². The fraction of sp³-hybridized carbons (Fsp3) is 0.727. The van der Waals surface area contributed by atoms with Crippen molar-refractivity contribution in [1.29, 1.82) is 0 Å². The van der Waals surface area contributed by atoms with E-state index in [0.717, 1.165) is 24.1 Å². The third kappa shape index (κ3) is 4.72. The summed E-state index contributed by atoms with van der Waals surface area (Å²) in [6.07, 6.45) is 4.12. The van der Waals surface area contributed by atoms with Crippen LogP contribution in [0.2, 0.25) is 0 Å². The van der Waals surface area contributed by atoms with Crippen LogP contribution in [0.5, 0.6) is 0 Å². The van der Waals surface area contributed by atoms with E-state index in [-0.39, 0.29) is 0 Å². The molecule has 0 bridgehead atoms. The van der Waals surface area contributed by atoms with E-state index in [4.69, 9.17) is 0 Å². The van der Waals surface area contributed by atoms with Gasteiger partial charge < -0.3 is 10.2 Å². The number of hydrogen-bond acceptors (Lipinski definition) is 5. The smallest absolute Gasteiger partial charge is 0.185 e. The van der Waals surface area contributed by atoms with E-state index in [0.29, 0.717) is 0 Å². The molecule has 0 spiro atoms. The van der Waals surface area contributed by atoms with Crippen LogP contribution in [-0.4, -0.2) is 37.6 Å². The van der Waals surface area contributed by atoms with Gasteiger partial charge in [0.05, 0.1) is 0 Å². The molecule has 0 radical (unpaired) electrons. The average molecular weight is 259 g/mol. The summed E-state index contributed by atoms with van der Waals surface area (Å²) in [6, 6.07) is 0. The lowest BCUT2D eigenvalue weighted by atomic mass is 10.2. The van der Waals surface area contributed by atoms with Crippen molar-refractivity contribution in [2.24, 2.45) is 5.92 Å². The number of rotatable bonds is 7. The van der Waals surface area contributed by atoms with Crippen molar-refractivity contribution < 1.29 is 0 Å². The molecular weight excluding hydrogens is 238 g/mol. The van der Waals surface area contributed by atoms with Gasteiger partial charge in [-0.25, -0.2) is 4.98 Å². The number of hydrogen-bond donors (Lipinski definition) is 1. The summed E-state index contributed by atoms with van der Waals surface area (Å²) >= 11 is 3.66. The van der Waals surface area contributed by atoms with Crippen molar-refractivity contribution in [3.05, 3.63) is 11.1 Å². The Kier molecular flexibility index (Phi) is 6.16. The molecule has 3 nitrogen and oxygen atoms in total. The highest BCUT2D eigenvalue weighted by molar-refractivity contribution is 7.98. The maximum absolute atomic E-state index is 4.35. The van der Waals surface area contributed by atoms with Gasteiger partial charge in [0.15, 0.2) is 5.13 Å². The number of nitrogens with zero attached hydrogens (tertiary/aromatic N) is 2. The average Bonchev–Trinajstić information content (AvgIpc) is 2.67. The molecule has 1 unspecified atom stereocenters. The maximum atomic E-state index is 4.35. The van der Waals surface area contributed by atoms with Crippen molar-refractivity contribution >= 4 is 28.2 Å². The van der Waals surface area contributed by atoms with Crippen molar-refractivity contribution in [3.63, 3.8) is 0 Å². The summed E-state index contributed by atoms with van der Waals surface area (Å²) < 4.78 is 0. The number of nitrogens with one attached hydrogen (secondary N) is 1. The fourth-order valence-electron chi connectivity index (χ4n) is 1.37. The number of thiazole rings is 1. The van der Waals surface area contributed by atoms with E-state index in [1.807, 2.05) is 37.0 Å². The van der Waals surface area contributed by atoms with Crippen LogP contribution in [0.1, 0.15) is 11.8 Å². The molecule has 1 N–H and O–H groups in total. The predicted molar refractivity (Wildman–Crippen MR) is 75.7 cm³/mol. The van der Waals surface area contributed by atoms with Gasteiger partial charge >= 0.3 is 0 Å². The van der Waals surface area contributed by atoms with Gasteiger partial charge in [0.2, 0.25) is 0 Å². The van der Waals surface area contributed by atoms with Gasteiger partial charge in [-0.15, -0.1) is 11.3 Å². The SMILES string of the molecule is CSCC(C)CNCc1cnc(N(C)C)s1. The second kappa shape index (κ2) is 7.14. The molecule has 1 aromatic rings. The Morgan fingerprint density at radius 1 is 1.56 bits per heavy atom. The van der Waals surface area contributed by atoms with Crippen LogP contribution in [0, 0.1) is 5.92 Å². The van der Waals surface area contributed by atoms with E-state index in [1.165, 1.54) is 10.6 Å². The van der Waals surface area contributed by atoms with Gasteiger partial charge in [-0.1, -0.05) is 6.92 Å². The van der Waals surface area contributed by atoms with Crippen LogP contribution in [-0.2, 0) is 6.54 Å². The molecule has 1 rings (SSSR count). The highest BCUT2D eigenvalue weighted by Crippen LogP contribution is 2.19. The molecule has 0 saturated heterocycles. The molecule has 0 aliphatic carbocycles. The minimum absolute atomic E-state index is 0.733. The van der Waals surface area contributed by atoms with Crippen LogP contribution in [0.3, 0.4) is 0 Å². The highest BCUT2D eigenvalue weighted by atomic mass is 32.2. The summed E-state index contributed by atoms with van der Waals surface area (Å²) in [7, 11) is 4.05. The molecule has 16 heavy (non-hydrogen) atoms. The van der Waals surface area contributed by atoms with E-state index >= 15 is 0 Å². The topological polar surface area (TPSA) is 28.2 Å². The molecule has 1 aromatic heterocycles. The molecule has 0 aromatic carbocycles. The van der Waals surface area contributed by atoms with Crippen LogP contribution in [0.25, 0.3) is 0 Å². The maximum Gasteiger partial charge on any atom is 0.185 e. The Morgan fingerprint density at radius 3 is 2.88 bits per heavy atom. The van der Waals surface area contributed by atoms with Crippen molar-refractivity contribution in [2.75, 3.05) is 37.5 Å². The molecule has 92 valence electrons. The first kappa shape index (κ1) is 13.8. The Hall–Kier alpha value is -0.260. The highest BCUT2D eigenvalue weighted by Gasteiger charge is 2.04. The molecule has 0 aliphatic heterocycles. The van der Waals surface area contributed by atoms with Gasteiger partial charge in [-0.3, -0.25) is 0 Å². The lowest BCUT2D eigenvalue weighted by Crippen LogP contribution is -2.21. The standard InChI is InChI=1S/C11H21N3S2/c1-9(8-15-4)5-12-6-10-7-13-11(16-10)14(2)3/h7,9,12H,5-6,8H2,1-4H3. The van der Waals surface area contributed by atoms with Gasteiger partial charge in [-0.05, 0) is 24.5 Å². The minimum Gasteiger partial charge on any atom is -0.354 e. The molecule has 0 saturated carbocycles. The third-order valence-corrected chi connectivity index (χ3v) is 4.23. The minimum atomic E-state index is 0.733. The van der Waals surface area contributed by atoms with Gasteiger partial charge in [0.25, 0.3) is 0 Å². The molecule has 1 heterocycles. The summed E-state index contributed by atoms with van der Waals surface area (Å²) in [5.74, 6) is 1.95. The molecule has 0 amide bonds. The van der Waals surface area contributed by atoms with Crippen LogP contribution in [0.4, 0.5) is 5.13 Å². The second-order valence-electron chi connectivity index (χ2n) is 4.19. The van der Waals surface area contributed by atoms with Crippen LogP contribution in [0.15, 0.2) is 6.20 Å². The lowest BCUT2D eigenvalue weighted by Gasteiger charge is -2.10. The largest absolute Gasteiger partial charge is 0.354 e. The first-order valence-electron chi connectivity index (χ1n) is 5.45. The van der Waals surface area contributed by atoms with Gasteiger partial charge in [-0.2, -0.15) is 11.8 Å². The van der Waals surface area contributed by atoms with E-state index in [9.17, 15) is 0 Å². The Balaban J connectivity index is 2.26. The van der Waals surface area contributed by atoms with Crippen molar-refractivity contribution in [2.45, 2.75) is 13.5 Å². The Bertz CT molecular complexity index is 299. The first-order chi connectivity index (χ1) is 7.63. The molecule has 0 aliphatic rings. The number of aromatic nitrogens is 1. The second-order valence-corrected chi connectivity index (χ2v) is 6.20. The molecule has 0 fully saturated rings. The molecular formula is C11H21N3S2. The molecule has 1 atom stereocenters. The first-order valence-corrected chi connectivity index (χ1v) is 7.66. The zero-order valence-corrected chi connectivity index (χ0v) is 12.1. The molecule has 5 heteroatoms. The summed E-state index contributed by atoms with van der Waals surface area (Å²) in [4.78, 5) is 7.70. The summed E-state index contributed by atoms with van der Waals surface area (Å²) in [5.41, 5.74) is 0. The van der Waals surface area contributed by atoms with Crippen molar-refractivity contribution in [3.8, 4) is 0 Å². The number of anilines is 1. The number of thioether (sulfide) groups is 1. The Morgan fingerprint density at radius 2 is 2.31 bits per heavy atom. The van der Waals surface area contributed by atoms with Gasteiger partial charge in [0, 0.05) is 31.7 Å². The lowest BCUT2D eigenvalue weighted by molar-refractivity contribution is 0.562. The third-order valence-electron chi connectivity index (χ3n) is 2.17. The summed E-state index contributed by atoms with van der Waals surface area (Å²) in [6.45, 7) is 4.29. The van der Waals surface area contributed by atoms with Crippen LogP contribution < -0.4 is 10.2 Å². The quantitative estimate of drug-likeness (QED) is 0.813. The van der Waals surface area contributed by atoms with E-state index in [2.05, 4.69) is 23.5 Å². The normalized spacial score (nSPS) is 12.8. The fourth-order valence-corrected chi connectivity index (χ4v) is 2.86.